The summed E-state index contributed by atoms with van der Waals surface area (Å²) in [6, 6.07) is 21.4. The lowest BCUT2D eigenvalue weighted by Gasteiger charge is -2.26. The van der Waals surface area contributed by atoms with Crippen LogP contribution in [-0.4, -0.2) is 97.3 Å². The van der Waals surface area contributed by atoms with Crippen LogP contribution in [0.25, 0.3) is 39.4 Å². The summed E-state index contributed by atoms with van der Waals surface area (Å²) in [7, 11) is 2.66. The van der Waals surface area contributed by atoms with Gasteiger partial charge in [0.15, 0.2) is 0 Å². The van der Waals surface area contributed by atoms with Gasteiger partial charge in [-0.05, 0) is 89.5 Å². The number of aromatic amines is 1. The number of carbonyl (C=O) groups is 4. The minimum absolute atomic E-state index is 0.00194. The van der Waals surface area contributed by atoms with Crippen LogP contribution >= 0.6 is 0 Å². The molecular formula is C44H58N6O6. The average molecular weight is 767 g/mol. The number of amides is 4. The molecule has 4 aromatic rings. The van der Waals surface area contributed by atoms with Gasteiger partial charge in [-0.3, -0.25) is 9.59 Å². The molecule has 3 aromatic carbocycles. The van der Waals surface area contributed by atoms with Crippen LogP contribution in [0.5, 0.6) is 0 Å². The third kappa shape index (κ3) is 13.0. The van der Waals surface area contributed by atoms with Gasteiger partial charge in [0.1, 0.15) is 6.04 Å². The number of carbonyl (C=O) groups excluding carboxylic acids is 4. The van der Waals surface area contributed by atoms with Crippen molar-refractivity contribution in [2.45, 2.75) is 65.8 Å². The number of nitrogens with zero attached hydrogens (tertiary/aromatic N) is 3. The molecule has 0 radical (unpaired) electrons. The Labute approximate surface area is 331 Å². The smallest absolute Gasteiger partial charge is 0.407 e. The Morgan fingerprint density at radius 3 is 1.96 bits per heavy atom. The number of imidazole rings is 1. The number of benzene rings is 3. The summed E-state index contributed by atoms with van der Waals surface area (Å²) in [6.07, 6.45) is 11.7. The lowest BCUT2D eigenvalue weighted by Crippen LogP contribution is -2.50. The molecule has 12 nitrogen and oxygen atoms in total. The van der Waals surface area contributed by atoms with E-state index < -0.39 is 12.1 Å². The Morgan fingerprint density at radius 1 is 0.804 bits per heavy atom. The molecule has 0 saturated carbocycles. The summed E-state index contributed by atoms with van der Waals surface area (Å²) in [5.74, 6) is 0.536. The fourth-order valence-electron chi connectivity index (χ4n) is 6.45. The van der Waals surface area contributed by atoms with Crippen molar-refractivity contribution in [2.24, 2.45) is 11.8 Å². The van der Waals surface area contributed by atoms with E-state index in [1.54, 1.807) is 16.1 Å². The second-order valence-electron chi connectivity index (χ2n) is 14.7. The van der Waals surface area contributed by atoms with Crippen molar-refractivity contribution in [2.75, 3.05) is 46.9 Å². The zero-order chi connectivity index (χ0) is 40.5. The number of aromatic nitrogens is 2. The highest BCUT2D eigenvalue weighted by Crippen LogP contribution is 2.29. The normalized spacial score (nSPS) is 14.4. The first-order chi connectivity index (χ1) is 27.0. The summed E-state index contributed by atoms with van der Waals surface area (Å²) in [4.78, 5) is 54.6. The summed E-state index contributed by atoms with van der Waals surface area (Å²) < 4.78 is 8.87. The Balaban J connectivity index is 0.000000187. The maximum absolute atomic E-state index is 12.1. The fourth-order valence-corrected chi connectivity index (χ4v) is 6.45. The van der Waals surface area contributed by atoms with Gasteiger partial charge < -0.3 is 34.9 Å². The molecule has 1 aromatic heterocycles. The zero-order valence-corrected chi connectivity index (χ0v) is 33.7. The molecule has 1 atom stereocenters. The van der Waals surface area contributed by atoms with E-state index in [4.69, 9.17) is 0 Å². The van der Waals surface area contributed by atoms with Crippen LogP contribution < -0.4 is 10.6 Å². The van der Waals surface area contributed by atoms with Gasteiger partial charge in [0.05, 0.1) is 31.6 Å². The molecule has 2 saturated heterocycles. The first-order valence-corrected chi connectivity index (χ1v) is 19.5. The summed E-state index contributed by atoms with van der Waals surface area (Å²) in [5.41, 5.74) is 9.81. The van der Waals surface area contributed by atoms with Gasteiger partial charge in [-0.2, -0.15) is 0 Å². The minimum Gasteiger partial charge on any atom is -0.453 e. The third-order valence-electron chi connectivity index (χ3n) is 9.69. The number of ether oxygens (including phenoxy) is 2. The number of likely N-dealkylation sites (tertiary alicyclic amines) is 2. The molecule has 300 valence electrons. The molecule has 2 fully saturated rings. The van der Waals surface area contributed by atoms with Gasteiger partial charge in [-0.15, -0.1) is 0 Å². The number of rotatable bonds is 8. The van der Waals surface area contributed by atoms with Gasteiger partial charge in [-0.1, -0.05) is 88.4 Å². The highest BCUT2D eigenvalue weighted by molar-refractivity contribution is 5.86. The number of H-pyrrole nitrogens is 1. The van der Waals surface area contributed by atoms with Crippen LogP contribution in [0.3, 0.4) is 0 Å². The maximum Gasteiger partial charge on any atom is 0.407 e. The quantitative estimate of drug-likeness (QED) is 0.156. The number of fused-ring (bicyclic) bond motifs is 2. The van der Waals surface area contributed by atoms with E-state index in [1.165, 1.54) is 60.4 Å². The first kappa shape index (κ1) is 43.1. The predicted molar refractivity (Wildman–Crippen MR) is 222 cm³/mol. The fraction of sp³-hybridized carbons (Fsp3) is 0.432. The number of hydrogen-bond acceptors (Lipinski definition) is 7. The predicted octanol–water partition coefficient (Wildman–Crippen LogP) is 7.69. The van der Waals surface area contributed by atoms with Crippen molar-refractivity contribution in [3.63, 3.8) is 0 Å². The molecule has 3 N–H and O–H groups in total. The molecule has 1 unspecified atom stereocenters. The Hall–Kier alpha value is -5.65. The van der Waals surface area contributed by atoms with Crippen LogP contribution in [0.1, 0.15) is 64.5 Å². The number of allylic oxidation sites excluding steroid dienone is 1. The molecule has 12 heteroatoms. The molecule has 7 rings (SSSR count). The molecule has 56 heavy (non-hydrogen) atoms. The van der Waals surface area contributed by atoms with Crippen molar-refractivity contribution in [1.82, 2.24) is 30.4 Å². The van der Waals surface area contributed by atoms with Gasteiger partial charge in [-0.25, -0.2) is 14.6 Å². The van der Waals surface area contributed by atoms with Crippen molar-refractivity contribution in [3.8, 4) is 22.3 Å². The summed E-state index contributed by atoms with van der Waals surface area (Å²) >= 11 is 0. The number of alkyl carbamates (subject to hydrolysis) is 2. The molecule has 4 amide bonds. The lowest BCUT2D eigenvalue weighted by atomic mass is 9.97. The summed E-state index contributed by atoms with van der Waals surface area (Å²) in [6.45, 7) is 12.1. The van der Waals surface area contributed by atoms with E-state index in [9.17, 15) is 19.2 Å². The minimum atomic E-state index is -0.550. The van der Waals surface area contributed by atoms with Crippen LogP contribution in [-0.2, 0) is 25.5 Å². The molecule has 2 aliphatic heterocycles. The highest BCUT2D eigenvalue weighted by Gasteiger charge is 2.30. The van der Waals surface area contributed by atoms with Crippen molar-refractivity contribution in [3.05, 3.63) is 84.2 Å². The van der Waals surface area contributed by atoms with E-state index in [1.807, 2.05) is 27.7 Å². The molecule has 3 heterocycles. The van der Waals surface area contributed by atoms with Crippen LogP contribution in [0.2, 0.25) is 0 Å². The van der Waals surface area contributed by atoms with Crippen molar-refractivity contribution < 1.29 is 28.7 Å². The SMILES string of the molecule is C1=Cc2ccc(-c3ccc(-c4ccc5nc[nH]c5c4)cc3)cc2C1.COC(=O)NC(C(=O)N1CCCC1)C(C)C.COC(=O)NCC(C)C.O=CN1CCCC1. The van der Waals surface area contributed by atoms with Crippen molar-refractivity contribution >= 4 is 41.6 Å². The molecule has 0 spiro atoms. The van der Waals surface area contributed by atoms with Gasteiger partial charge in [0.2, 0.25) is 12.3 Å². The van der Waals surface area contributed by atoms with Gasteiger partial charge in [0, 0.05) is 32.7 Å². The largest absolute Gasteiger partial charge is 0.453 e. The number of nitrogens with one attached hydrogen (secondary N) is 3. The third-order valence-corrected chi connectivity index (χ3v) is 9.69. The number of methoxy groups -OCH3 is 2. The monoisotopic (exact) mass is 766 g/mol. The number of hydrogen-bond donors (Lipinski definition) is 3. The molecular weight excluding hydrogens is 709 g/mol. The van der Waals surface area contributed by atoms with E-state index in [0.717, 1.165) is 62.9 Å². The van der Waals surface area contributed by atoms with Gasteiger partial charge >= 0.3 is 12.2 Å². The van der Waals surface area contributed by atoms with Crippen LogP contribution in [0.4, 0.5) is 9.59 Å². The summed E-state index contributed by atoms with van der Waals surface area (Å²) in [5, 5.41) is 5.16. The Bertz CT molecular complexity index is 1890. The van der Waals surface area contributed by atoms with E-state index in [-0.39, 0.29) is 17.9 Å². The van der Waals surface area contributed by atoms with E-state index >= 15 is 0 Å². The molecule has 1 aliphatic carbocycles. The Kier molecular flexibility index (Phi) is 17.0. The van der Waals surface area contributed by atoms with E-state index in [0.29, 0.717) is 12.5 Å². The second kappa shape index (κ2) is 22.0. The lowest BCUT2D eigenvalue weighted by molar-refractivity contribution is -0.133. The van der Waals surface area contributed by atoms with Crippen molar-refractivity contribution in [1.29, 1.82) is 0 Å². The maximum atomic E-state index is 12.1. The second-order valence-corrected chi connectivity index (χ2v) is 14.7. The molecule has 0 bridgehead atoms. The topological polar surface area (TPSA) is 146 Å². The highest BCUT2D eigenvalue weighted by atomic mass is 16.5. The molecule has 3 aliphatic rings. The van der Waals surface area contributed by atoms with E-state index in [2.05, 4.69) is 103 Å². The first-order valence-electron chi connectivity index (χ1n) is 19.5. The zero-order valence-electron chi connectivity index (χ0n) is 33.7. The average Bonchev–Trinajstić information content (AvgIpc) is 4.07. The standard InChI is InChI=1S/C22H16N2.C11H20N2O3.C6H13NO2.C5H9NO/c1-2-15-8-9-19(12-18(15)3-1)16-4-6-17(7-5-16)20-10-11-21-22(13-20)24-14-23-21;1-8(2)9(12-11(15)16-3)10(14)13-6-4-5-7-13;1-5(2)4-7-6(8)9-3;7-5-6-3-1-2-4-6/h1-2,4-14H,3H2,(H,23,24);8-9H,4-7H2,1-3H3,(H,12,15);5H,4H2,1-3H3,(H,7,8);5H,1-4H2. The Morgan fingerprint density at radius 2 is 1.39 bits per heavy atom. The van der Waals surface area contributed by atoms with Gasteiger partial charge in [0.25, 0.3) is 0 Å². The van der Waals surface area contributed by atoms with Crippen LogP contribution in [0.15, 0.2) is 73.1 Å². The van der Waals surface area contributed by atoms with Crippen LogP contribution in [0, 0.1) is 11.8 Å².